The number of hydrogen-bond acceptors (Lipinski definition) is 5. The lowest BCUT2D eigenvalue weighted by Crippen LogP contribution is -2.29. The maximum Gasteiger partial charge on any atom is 0.266 e. The van der Waals surface area contributed by atoms with Gasteiger partial charge < -0.3 is 9.84 Å². The number of methoxy groups -OCH3 is 1. The van der Waals surface area contributed by atoms with Crippen molar-refractivity contribution in [2.75, 3.05) is 13.7 Å². The van der Waals surface area contributed by atoms with Gasteiger partial charge in [0.05, 0.1) is 22.7 Å². The Morgan fingerprint density at radius 3 is 2.68 bits per heavy atom. The van der Waals surface area contributed by atoms with E-state index in [1.54, 1.807) is 30.2 Å². The molecule has 0 unspecified atom stereocenters. The molecule has 0 aliphatic carbocycles. The van der Waals surface area contributed by atoms with Crippen LogP contribution in [0.2, 0.25) is 5.02 Å². The van der Waals surface area contributed by atoms with Crippen LogP contribution in [0, 0.1) is 0 Å². The van der Waals surface area contributed by atoms with Gasteiger partial charge in [-0.3, -0.25) is 9.69 Å². The molecule has 1 amide bonds. The summed E-state index contributed by atoms with van der Waals surface area (Å²) in [7, 11) is 1.61. The molecule has 28 heavy (non-hydrogen) atoms. The zero-order chi connectivity index (χ0) is 20.3. The minimum atomic E-state index is -0.144. The largest absolute Gasteiger partial charge is 0.506 e. The fraction of sp³-hybridized carbons (Fsp3) is 0.200. The Hall–Kier alpha value is -1.96. The summed E-state index contributed by atoms with van der Waals surface area (Å²) >= 11 is 10.7. The van der Waals surface area contributed by atoms with Crippen LogP contribution in [0.4, 0.5) is 5.69 Å². The number of nitrogens with zero attached hydrogens (tertiary/aromatic N) is 2. The molecule has 0 aromatic heterocycles. The Labute approximate surface area is 181 Å². The van der Waals surface area contributed by atoms with Crippen LogP contribution in [0.3, 0.4) is 0 Å². The molecule has 1 fully saturated rings. The van der Waals surface area contributed by atoms with Gasteiger partial charge in [0.15, 0.2) is 5.17 Å². The fourth-order valence-electron chi connectivity index (χ4n) is 2.62. The van der Waals surface area contributed by atoms with Crippen molar-refractivity contribution in [1.29, 1.82) is 0 Å². The molecule has 0 atom stereocenters. The van der Waals surface area contributed by atoms with Gasteiger partial charge in [-0.15, -0.1) is 0 Å². The van der Waals surface area contributed by atoms with Crippen molar-refractivity contribution in [3.63, 3.8) is 0 Å². The van der Waals surface area contributed by atoms with Crippen LogP contribution in [0.15, 0.2) is 50.8 Å². The highest BCUT2D eigenvalue weighted by Crippen LogP contribution is 2.38. The first-order valence-corrected chi connectivity index (χ1v) is 10.5. The zero-order valence-corrected chi connectivity index (χ0v) is 18.4. The molecule has 3 rings (SSSR count). The second-order valence-electron chi connectivity index (χ2n) is 5.99. The minimum absolute atomic E-state index is 0.0617. The maximum absolute atomic E-state index is 12.9. The molecule has 1 N–H and O–H groups in total. The van der Waals surface area contributed by atoms with E-state index in [1.165, 1.54) is 11.8 Å². The summed E-state index contributed by atoms with van der Waals surface area (Å²) in [6, 6.07) is 10.6. The molecule has 0 saturated carbocycles. The van der Waals surface area contributed by atoms with Crippen LogP contribution >= 0.6 is 39.3 Å². The predicted molar refractivity (Wildman–Crippen MR) is 118 cm³/mol. The highest BCUT2D eigenvalue weighted by atomic mass is 79.9. The number of hydrogen-bond donors (Lipinski definition) is 1. The third kappa shape index (κ3) is 4.54. The first kappa shape index (κ1) is 20.8. The van der Waals surface area contributed by atoms with Gasteiger partial charge in [-0.05, 0) is 60.7 Å². The number of ether oxygens (including phenoxy) is 1. The first-order chi connectivity index (χ1) is 13.4. The van der Waals surface area contributed by atoms with E-state index < -0.39 is 0 Å². The van der Waals surface area contributed by atoms with E-state index in [1.807, 2.05) is 31.2 Å². The topological polar surface area (TPSA) is 62.1 Å². The Bertz CT molecular complexity index is 961. The highest BCUT2D eigenvalue weighted by Gasteiger charge is 2.33. The third-order valence-corrected chi connectivity index (χ3v) is 5.73. The van der Waals surface area contributed by atoms with Crippen molar-refractivity contribution in [1.82, 2.24) is 4.90 Å². The van der Waals surface area contributed by atoms with Gasteiger partial charge >= 0.3 is 0 Å². The number of phenolic OH excluding ortho intramolecular Hbond substituents is 1. The van der Waals surface area contributed by atoms with Gasteiger partial charge in [0.2, 0.25) is 0 Å². The molecular formula is C20H18BrClN2O3S. The van der Waals surface area contributed by atoms with E-state index in [-0.39, 0.29) is 16.7 Å². The van der Waals surface area contributed by atoms with Crippen LogP contribution in [-0.4, -0.2) is 34.7 Å². The molecule has 146 valence electrons. The summed E-state index contributed by atoms with van der Waals surface area (Å²) in [4.78, 5) is 19.6. The standard InChI is InChI=1S/C20H18BrClN2O3S/c1-3-8-24-19(26)17(10-12-9-13(21)11-16(22)18(12)25)28-20(24)23-14-4-6-15(27-2)7-5-14/h4-7,9-11,25H,3,8H2,1-2H3/b17-10-,23-20?. The van der Waals surface area contributed by atoms with E-state index in [9.17, 15) is 9.90 Å². The number of carbonyl (C=O) groups excluding carboxylic acids is 1. The number of aliphatic imine (C=N–C) groups is 1. The molecule has 2 aromatic rings. The number of amidine groups is 1. The summed E-state index contributed by atoms with van der Waals surface area (Å²) in [5.41, 5.74) is 1.20. The number of aromatic hydroxyl groups is 1. The normalized spacial score (nSPS) is 17.0. The van der Waals surface area contributed by atoms with Gasteiger partial charge in [-0.2, -0.15) is 0 Å². The van der Waals surface area contributed by atoms with Crippen LogP contribution in [-0.2, 0) is 4.79 Å². The third-order valence-electron chi connectivity index (χ3n) is 3.98. The Kier molecular flexibility index (Phi) is 6.69. The minimum Gasteiger partial charge on any atom is -0.506 e. The van der Waals surface area contributed by atoms with Crippen LogP contribution in [0.5, 0.6) is 11.5 Å². The van der Waals surface area contributed by atoms with Gasteiger partial charge in [-0.1, -0.05) is 34.5 Å². The molecule has 1 aliphatic heterocycles. The summed E-state index contributed by atoms with van der Waals surface area (Å²) in [6.45, 7) is 2.56. The number of halogens is 2. The molecule has 1 aliphatic rings. The second kappa shape index (κ2) is 9.03. The van der Waals surface area contributed by atoms with E-state index >= 15 is 0 Å². The van der Waals surface area contributed by atoms with Crippen LogP contribution in [0.25, 0.3) is 6.08 Å². The Balaban J connectivity index is 1.97. The molecule has 1 saturated heterocycles. The quantitative estimate of drug-likeness (QED) is 0.546. The van der Waals surface area contributed by atoms with Crippen molar-refractivity contribution in [3.05, 3.63) is 56.4 Å². The number of amides is 1. The second-order valence-corrected chi connectivity index (χ2v) is 8.32. The summed E-state index contributed by atoms with van der Waals surface area (Å²) in [5.74, 6) is 0.537. The smallest absolute Gasteiger partial charge is 0.266 e. The summed E-state index contributed by atoms with van der Waals surface area (Å²) < 4.78 is 5.88. The molecule has 5 nitrogen and oxygen atoms in total. The van der Waals surface area contributed by atoms with Crippen molar-refractivity contribution in [2.24, 2.45) is 4.99 Å². The van der Waals surface area contributed by atoms with Gasteiger partial charge in [0.25, 0.3) is 5.91 Å². The molecule has 1 heterocycles. The lowest BCUT2D eigenvalue weighted by molar-refractivity contribution is -0.122. The van der Waals surface area contributed by atoms with Crippen molar-refractivity contribution in [2.45, 2.75) is 13.3 Å². The van der Waals surface area contributed by atoms with Crippen molar-refractivity contribution < 1.29 is 14.6 Å². The summed E-state index contributed by atoms with van der Waals surface area (Å²) in [5, 5.41) is 11.0. The maximum atomic E-state index is 12.9. The van der Waals surface area contributed by atoms with E-state index in [2.05, 4.69) is 20.9 Å². The summed E-state index contributed by atoms with van der Waals surface area (Å²) in [6.07, 6.45) is 2.44. The van der Waals surface area contributed by atoms with Crippen molar-refractivity contribution in [3.8, 4) is 11.5 Å². The first-order valence-electron chi connectivity index (χ1n) is 8.55. The monoisotopic (exact) mass is 480 g/mol. The van der Waals surface area contributed by atoms with Crippen LogP contribution < -0.4 is 4.74 Å². The molecule has 0 bridgehead atoms. The van der Waals surface area contributed by atoms with Crippen LogP contribution in [0.1, 0.15) is 18.9 Å². The average molecular weight is 482 g/mol. The van der Waals surface area contributed by atoms with Gasteiger partial charge in [0, 0.05) is 16.6 Å². The molecular weight excluding hydrogens is 464 g/mol. The number of carbonyl (C=O) groups is 1. The molecule has 0 spiro atoms. The fourth-order valence-corrected chi connectivity index (χ4v) is 4.47. The lowest BCUT2D eigenvalue weighted by Gasteiger charge is -2.14. The molecule has 2 aromatic carbocycles. The van der Waals surface area contributed by atoms with E-state index in [0.717, 1.165) is 22.3 Å². The van der Waals surface area contributed by atoms with E-state index in [4.69, 9.17) is 16.3 Å². The Morgan fingerprint density at radius 2 is 2.04 bits per heavy atom. The van der Waals surface area contributed by atoms with Gasteiger partial charge in [0.1, 0.15) is 11.5 Å². The van der Waals surface area contributed by atoms with Crippen molar-refractivity contribution >= 4 is 62.1 Å². The predicted octanol–water partition coefficient (Wildman–Crippen LogP) is 5.83. The van der Waals surface area contributed by atoms with E-state index in [0.29, 0.717) is 22.2 Å². The number of thioether (sulfide) groups is 1. The Morgan fingerprint density at radius 1 is 1.32 bits per heavy atom. The number of phenols is 1. The van der Waals surface area contributed by atoms with Gasteiger partial charge in [-0.25, -0.2) is 4.99 Å². The molecule has 0 radical (unpaired) electrons. The lowest BCUT2D eigenvalue weighted by atomic mass is 10.2. The highest BCUT2D eigenvalue weighted by molar-refractivity contribution is 9.10. The zero-order valence-electron chi connectivity index (χ0n) is 15.3. The molecule has 8 heteroatoms. The number of benzene rings is 2. The number of rotatable bonds is 5. The average Bonchev–Trinajstić information content (AvgIpc) is 2.95. The SMILES string of the molecule is CCCN1C(=O)/C(=C/c2cc(Br)cc(Cl)c2O)SC1=Nc1ccc(OC)cc1.